The molecule has 0 saturated carbocycles. The van der Waals surface area contributed by atoms with Crippen LogP contribution in [0.4, 0.5) is 19.0 Å². The van der Waals surface area contributed by atoms with Gasteiger partial charge in [0.1, 0.15) is 5.82 Å². The molecule has 1 unspecified atom stereocenters. The maximum atomic E-state index is 12.3. The Bertz CT molecular complexity index is 382. The summed E-state index contributed by atoms with van der Waals surface area (Å²) in [6.07, 6.45) is -3.54. The first-order valence-corrected chi connectivity index (χ1v) is 5.29. The summed E-state index contributed by atoms with van der Waals surface area (Å²) in [6.45, 7) is 3.64. The first kappa shape index (κ1) is 12.1. The lowest BCUT2D eigenvalue weighted by Crippen LogP contribution is -2.37. The fraction of sp³-hybridized carbons (Fsp3) is 0.600. The van der Waals surface area contributed by atoms with Gasteiger partial charge in [-0.3, -0.25) is 0 Å². The zero-order valence-electron chi connectivity index (χ0n) is 9.30. The average Bonchev–Trinajstić information content (AvgIpc) is 2.64. The summed E-state index contributed by atoms with van der Waals surface area (Å²) in [6, 6.07) is 2.24. The largest absolute Gasteiger partial charge is 0.435 e. The van der Waals surface area contributed by atoms with Crippen LogP contribution in [0.3, 0.4) is 0 Å². The molecule has 0 spiro atoms. The van der Waals surface area contributed by atoms with E-state index in [4.69, 9.17) is 0 Å². The second-order valence-electron chi connectivity index (χ2n) is 4.41. The Morgan fingerprint density at radius 1 is 1.35 bits per heavy atom. The first-order valence-electron chi connectivity index (χ1n) is 5.29. The summed E-state index contributed by atoms with van der Waals surface area (Å²) in [4.78, 5) is 0. The highest BCUT2D eigenvalue weighted by Gasteiger charge is 2.33. The van der Waals surface area contributed by atoms with Crippen molar-refractivity contribution in [2.75, 3.05) is 18.4 Å². The van der Waals surface area contributed by atoms with Gasteiger partial charge in [0, 0.05) is 12.1 Å². The summed E-state index contributed by atoms with van der Waals surface area (Å²) in [5.74, 6) is 0.365. The number of hydrogen-bond donors (Lipinski definition) is 2. The maximum absolute atomic E-state index is 12.3. The van der Waals surface area contributed by atoms with E-state index in [0.717, 1.165) is 25.6 Å². The van der Waals surface area contributed by atoms with Crippen LogP contribution in [-0.4, -0.2) is 28.8 Å². The van der Waals surface area contributed by atoms with Crippen LogP contribution in [0.25, 0.3) is 0 Å². The molecule has 0 aliphatic carbocycles. The quantitative estimate of drug-likeness (QED) is 0.833. The van der Waals surface area contributed by atoms with Gasteiger partial charge in [0.05, 0.1) is 0 Å². The van der Waals surface area contributed by atoms with Crippen molar-refractivity contribution in [2.45, 2.75) is 25.1 Å². The minimum Gasteiger partial charge on any atom is -0.362 e. The van der Waals surface area contributed by atoms with Crippen LogP contribution in [0.2, 0.25) is 0 Å². The van der Waals surface area contributed by atoms with Crippen LogP contribution in [0.5, 0.6) is 0 Å². The fourth-order valence-corrected chi connectivity index (χ4v) is 1.78. The number of nitrogens with zero attached hydrogens (tertiary/aromatic N) is 2. The Morgan fingerprint density at radius 2 is 2.12 bits per heavy atom. The van der Waals surface area contributed by atoms with Crippen LogP contribution in [0.15, 0.2) is 12.1 Å². The number of alkyl halides is 3. The predicted octanol–water partition coefficient (Wildman–Crippen LogP) is 1.66. The zero-order chi connectivity index (χ0) is 12.5. The van der Waals surface area contributed by atoms with E-state index in [0.29, 0.717) is 5.82 Å². The highest BCUT2D eigenvalue weighted by atomic mass is 19.4. The van der Waals surface area contributed by atoms with Crippen LogP contribution < -0.4 is 10.6 Å². The van der Waals surface area contributed by atoms with E-state index in [1.54, 1.807) is 0 Å². The SMILES string of the molecule is CC1(Nc2ccc(C(F)(F)F)nn2)CCNC1. The van der Waals surface area contributed by atoms with Gasteiger partial charge in [-0.1, -0.05) is 0 Å². The Hall–Kier alpha value is -1.37. The second-order valence-corrected chi connectivity index (χ2v) is 4.41. The van der Waals surface area contributed by atoms with E-state index in [2.05, 4.69) is 20.8 Å². The van der Waals surface area contributed by atoms with Gasteiger partial charge < -0.3 is 10.6 Å². The molecular formula is C10H13F3N4. The number of rotatable bonds is 2. The molecule has 1 fully saturated rings. The summed E-state index contributed by atoms with van der Waals surface area (Å²) >= 11 is 0. The third kappa shape index (κ3) is 2.85. The molecular weight excluding hydrogens is 233 g/mol. The molecule has 0 bridgehead atoms. The van der Waals surface area contributed by atoms with E-state index in [-0.39, 0.29) is 5.54 Å². The highest BCUT2D eigenvalue weighted by molar-refractivity contribution is 5.37. The Balaban J connectivity index is 2.08. The van der Waals surface area contributed by atoms with E-state index >= 15 is 0 Å². The van der Waals surface area contributed by atoms with Crippen molar-refractivity contribution >= 4 is 5.82 Å². The third-order valence-corrected chi connectivity index (χ3v) is 2.75. The van der Waals surface area contributed by atoms with Crippen molar-refractivity contribution in [3.05, 3.63) is 17.8 Å². The van der Waals surface area contributed by atoms with E-state index < -0.39 is 11.9 Å². The number of nitrogens with one attached hydrogen (secondary N) is 2. The molecule has 2 N–H and O–H groups in total. The van der Waals surface area contributed by atoms with Gasteiger partial charge in [0.2, 0.25) is 0 Å². The van der Waals surface area contributed by atoms with Gasteiger partial charge in [-0.05, 0) is 32.0 Å². The monoisotopic (exact) mass is 246 g/mol. The van der Waals surface area contributed by atoms with Crippen LogP contribution in [0, 0.1) is 0 Å². The molecule has 0 aromatic carbocycles. The molecule has 1 aliphatic rings. The highest BCUT2D eigenvalue weighted by Crippen LogP contribution is 2.27. The maximum Gasteiger partial charge on any atom is 0.435 e. The first-order chi connectivity index (χ1) is 7.89. The molecule has 1 aromatic heterocycles. The van der Waals surface area contributed by atoms with Crippen LogP contribution in [-0.2, 0) is 6.18 Å². The molecule has 2 heterocycles. The van der Waals surface area contributed by atoms with Crippen molar-refractivity contribution in [3.63, 3.8) is 0 Å². The minimum atomic E-state index is -4.44. The van der Waals surface area contributed by atoms with E-state index in [9.17, 15) is 13.2 Å². The van der Waals surface area contributed by atoms with Gasteiger partial charge in [0.15, 0.2) is 5.69 Å². The number of aromatic nitrogens is 2. The smallest absolute Gasteiger partial charge is 0.362 e. The van der Waals surface area contributed by atoms with Crippen molar-refractivity contribution in [3.8, 4) is 0 Å². The molecule has 17 heavy (non-hydrogen) atoms. The van der Waals surface area contributed by atoms with Crippen LogP contribution in [0.1, 0.15) is 19.0 Å². The number of halogens is 3. The summed E-state index contributed by atoms with van der Waals surface area (Å²) in [5.41, 5.74) is -1.15. The lowest BCUT2D eigenvalue weighted by atomic mass is 10.0. The van der Waals surface area contributed by atoms with E-state index in [1.165, 1.54) is 6.07 Å². The Morgan fingerprint density at radius 3 is 2.59 bits per heavy atom. The van der Waals surface area contributed by atoms with Crippen molar-refractivity contribution in [2.24, 2.45) is 0 Å². The minimum absolute atomic E-state index is 0.172. The molecule has 1 atom stereocenters. The zero-order valence-corrected chi connectivity index (χ0v) is 9.30. The molecule has 0 radical (unpaired) electrons. The molecule has 7 heteroatoms. The molecule has 1 aromatic rings. The predicted molar refractivity (Wildman–Crippen MR) is 56.5 cm³/mol. The normalized spacial score (nSPS) is 24.9. The summed E-state index contributed by atoms with van der Waals surface area (Å²) in [5, 5.41) is 13.0. The topological polar surface area (TPSA) is 49.8 Å². The van der Waals surface area contributed by atoms with Gasteiger partial charge in [-0.25, -0.2) is 0 Å². The fourth-order valence-electron chi connectivity index (χ4n) is 1.78. The van der Waals surface area contributed by atoms with Gasteiger partial charge >= 0.3 is 6.18 Å². The molecule has 4 nitrogen and oxygen atoms in total. The van der Waals surface area contributed by atoms with Gasteiger partial charge in [-0.2, -0.15) is 13.2 Å². The lowest BCUT2D eigenvalue weighted by molar-refractivity contribution is -0.141. The van der Waals surface area contributed by atoms with Crippen molar-refractivity contribution < 1.29 is 13.2 Å². The van der Waals surface area contributed by atoms with E-state index in [1.807, 2.05) is 6.92 Å². The Kier molecular flexibility index (Phi) is 2.94. The van der Waals surface area contributed by atoms with Gasteiger partial charge in [-0.15, -0.1) is 10.2 Å². The third-order valence-electron chi connectivity index (χ3n) is 2.75. The standard InChI is InChI=1S/C10H13F3N4/c1-9(4-5-14-6-9)15-8-3-2-7(16-17-8)10(11,12)13/h2-3,14H,4-6H2,1H3,(H,15,17). The summed E-state index contributed by atoms with van der Waals surface area (Å²) < 4.78 is 36.8. The average molecular weight is 246 g/mol. The lowest BCUT2D eigenvalue weighted by Gasteiger charge is -2.24. The van der Waals surface area contributed by atoms with Gasteiger partial charge in [0.25, 0.3) is 0 Å². The molecule has 0 amide bonds. The molecule has 94 valence electrons. The van der Waals surface area contributed by atoms with Crippen LogP contribution >= 0.6 is 0 Å². The van der Waals surface area contributed by atoms with Crippen molar-refractivity contribution in [1.29, 1.82) is 0 Å². The van der Waals surface area contributed by atoms with Crippen molar-refractivity contribution in [1.82, 2.24) is 15.5 Å². The Labute approximate surface area is 96.6 Å². The molecule has 2 rings (SSSR count). The number of anilines is 1. The summed E-state index contributed by atoms with van der Waals surface area (Å²) in [7, 11) is 0. The molecule has 1 saturated heterocycles. The number of hydrogen-bond acceptors (Lipinski definition) is 4. The second kappa shape index (κ2) is 4.14. The molecule has 1 aliphatic heterocycles.